The van der Waals surface area contributed by atoms with Gasteiger partial charge in [0, 0.05) is 38.3 Å². The Bertz CT molecular complexity index is 599. The highest BCUT2D eigenvalue weighted by atomic mass is 16.5. The number of morpholine rings is 1. The maximum Gasteiger partial charge on any atom is 0.234 e. The second-order valence-corrected chi connectivity index (χ2v) is 8.40. The second-order valence-electron chi connectivity index (χ2n) is 8.40. The molecule has 162 valence electrons. The standard InChI is InChI=1S/C23H37N3O3/c27-16-13-25(12-9-21-7-3-1-4-8-21)19-22(28)24-20-23(10-5-2-6-11-23)26-14-17-29-18-15-26/h1,3-4,7-8,27H,2,5-6,9-20H2,(H,24,28). The summed E-state index contributed by atoms with van der Waals surface area (Å²) in [5.41, 5.74) is 1.34. The quantitative estimate of drug-likeness (QED) is 0.622. The van der Waals surface area contributed by atoms with E-state index in [1.807, 2.05) is 23.1 Å². The molecular formula is C23H37N3O3. The number of carbonyl (C=O) groups is 1. The Labute approximate surface area is 175 Å². The van der Waals surface area contributed by atoms with Crippen LogP contribution in [0.2, 0.25) is 0 Å². The number of aliphatic hydroxyl groups excluding tert-OH is 1. The van der Waals surface area contributed by atoms with Crippen LogP contribution < -0.4 is 5.32 Å². The zero-order chi connectivity index (χ0) is 20.4. The molecule has 1 aromatic rings. The van der Waals surface area contributed by atoms with Crippen molar-refractivity contribution in [2.45, 2.75) is 44.1 Å². The van der Waals surface area contributed by atoms with Crippen LogP contribution in [-0.4, -0.2) is 85.4 Å². The van der Waals surface area contributed by atoms with E-state index in [2.05, 4.69) is 22.3 Å². The molecule has 1 aromatic carbocycles. The first-order valence-electron chi connectivity index (χ1n) is 11.2. The van der Waals surface area contributed by atoms with E-state index < -0.39 is 0 Å². The Morgan fingerprint density at radius 3 is 2.52 bits per heavy atom. The number of hydrogen-bond acceptors (Lipinski definition) is 5. The lowest BCUT2D eigenvalue weighted by molar-refractivity contribution is -0.123. The van der Waals surface area contributed by atoms with Crippen molar-refractivity contribution in [1.29, 1.82) is 0 Å². The van der Waals surface area contributed by atoms with Crippen molar-refractivity contribution in [2.75, 3.05) is 59.1 Å². The number of carbonyl (C=O) groups excluding carboxylic acids is 1. The van der Waals surface area contributed by atoms with Gasteiger partial charge in [-0.15, -0.1) is 0 Å². The fraction of sp³-hybridized carbons (Fsp3) is 0.696. The van der Waals surface area contributed by atoms with Gasteiger partial charge in [0.15, 0.2) is 0 Å². The number of nitrogens with one attached hydrogen (secondary N) is 1. The lowest BCUT2D eigenvalue weighted by Gasteiger charge is -2.48. The number of rotatable bonds is 10. The molecule has 29 heavy (non-hydrogen) atoms. The van der Waals surface area contributed by atoms with E-state index in [9.17, 15) is 9.90 Å². The summed E-state index contributed by atoms with van der Waals surface area (Å²) in [7, 11) is 0. The molecule has 1 saturated carbocycles. The van der Waals surface area contributed by atoms with Gasteiger partial charge in [-0.3, -0.25) is 14.6 Å². The number of nitrogens with zero attached hydrogens (tertiary/aromatic N) is 2. The fourth-order valence-electron chi connectivity index (χ4n) is 4.72. The average Bonchev–Trinajstić information content (AvgIpc) is 2.78. The lowest BCUT2D eigenvalue weighted by Crippen LogP contribution is -2.60. The van der Waals surface area contributed by atoms with E-state index in [0.29, 0.717) is 13.1 Å². The molecule has 0 atom stereocenters. The van der Waals surface area contributed by atoms with Crippen LogP contribution in [-0.2, 0) is 16.0 Å². The molecule has 0 bridgehead atoms. The highest BCUT2D eigenvalue weighted by Gasteiger charge is 2.38. The first kappa shape index (κ1) is 22.2. The Hall–Kier alpha value is -1.47. The van der Waals surface area contributed by atoms with Crippen molar-refractivity contribution in [3.8, 4) is 0 Å². The third kappa shape index (κ3) is 6.78. The molecular weight excluding hydrogens is 366 g/mol. The summed E-state index contributed by atoms with van der Waals surface area (Å²) in [4.78, 5) is 17.3. The maximum atomic E-state index is 12.7. The lowest BCUT2D eigenvalue weighted by atomic mass is 9.79. The van der Waals surface area contributed by atoms with Crippen LogP contribution in [0.4, 0.5) is 0 Å². The zero-order valence-electron chi connectivity index (χ0n) is 17.7. The molecule has 1 heterocycles. The average molecular weight is 404 g/mol. The van der Waals surface area contributed by atoms with Gasteiger partial charge >= 0.3 is 0 Å². The Morgan fingerprint density at radius 2 is 1.83 bits per heavy atom. The van der Waals surface area contributed by atoms with Gasteiger partial charge in [-0.05, 0) is 24.8 Å². The summed E-state index contributed by atoms with van der Waals surface area (Å²) in [6.07, 6.45) is 6.96. The first-order valence-corrected chi connectivity index (χ1v) is 11.2. The van der Waals surface area contributed by atoms with Crippen molar-refractivity contribution in [3.63, 3.8) is 0 Å². The van der Waals surface area contributed by atoms with Gasteiger partial charge in [0.1, 0.15) is 0 Å². The molecule has 1 aliphatic heterocycles. The number of ether oxygens (including phenoxy) is 1. The van der Waals surface area contributed by atoms with E-state index in [1.54, 1.807) is 0 Å². The molecule has 6 heteroatoms. The fourth-order valence-corrected chi connectivity index (χ4v) is 4.72. The number of hydrogen-bond donors (Lipinski definition) is 2. The monoisotopic (exact) mass is 403 g/mol. The molecule has 0 radical (unpaired) electrons. The molecule has 0 aromatic heterocycles. The number of benzene rings is 1. The van der Waals surface area contributed by atoms with Crippen molar-refractivity contribution in [2.24, 2.45) is 0 Å². The third-order valence-electron chi connectivity index (χ3n) is 6.42. The van der Waals surface area contributed by atoms with Crippen LogP contribution in [0.1, 0.15) is 37.7 Å². The highest BCUT2D eigenvalue weighted by molar-refractivity contribution is 5.78. The largest absolute Gasteiger partial charge is 0.395 e. The predicted molar refractivity (Wildman–Crippen MR) is 115 cm³/mol. The van der Waals surface area contributed by atoms with Crippen LogP contribution in [0.25, 0.3) is 0 Å². The first-order chi connectivity index (χ1) is 14.2. The SMILES string of the molecule is O=C(CN(CCO)CCc1ccccc1)NCC1(N2CCOCC2)CCCCC1. The van der Waals surface area contributed by atoms with Crippen LogP contribution >= 0.6 is 0 Å². The minimum absolute atomic E-state index is 0.0599. The normalized spacial score (nSPS) is 19.9. The smallest absolute Gasteiger partial charge is 0.234 e. The minimum Gasteiger partial charge on any atom is -0.395 e. The molecule has 1 amide bonds. The van der Waals surface area contributed by atoms with E-state index in [1.165, 1.54) is 24.8 Å². The maximum absolute atomic E-state index is 12.7. The van der Waals surface area contributed by atoms with Gasteiger partial charge in [0.2, 0.25) is 5.91 Å². The van der Waals surface area contributed by atoms with Gasteiger partial charge in [-0.1, -0.05) is 49.6 Å². The molecule has 1 aliphatic carbocycles. The van der Waals surface area contributed by atoms with Gasteiger partial charge in [0.25, 0.3) is 0 Å². The zero-order valence-corrected chi connectivity index (χ0v) is 17.7. The molecule has 2 aliphatic rings. The van der Waals surface area contributed by atoms with Crippen LogP contribution in [0, 0.1) is 0 Å². The highest BCUT2D eigenvalue weighted by Crippen LogP contribution is 2.33. The second kappa shape index (κ2) is 11.6. The summed E-state index contributed by atoms with van der Waals surface area (Å²) >= 11 is 0. The molecule has 2 N–H and O–H groups in total. The van der Waals surface area contributed by atoms with Crippen molar-refractivity contribution < 1.29 is 14.6 Å². The summed E-state index contributed by atoms with van der Waals surface area (Å²) in [5, 5.41) is 12.6. The molecule has 6 nitrogen and oxygen atoms in total. The van der Waals surface area contributed by atoms with E-state index >= 15 is 0 Å². The summed E-state index contributed by atoms with van der Waals surface area (Å²) in [6, 6.07) is 10.3. The topological polar surface area (TPSA) is 65.0 Å². The van der Waals surface area contributed by atoms with Gasteiger partial charge in [-0.2, -0.15) is 0 Å². The van der Waals surface area contributed by atoms with Crippen LogP contribution in [0.5, 0.6) is 0 Å². The molecule has 0 unspecified atom stereocenters. The van der Waals surface area contributed by atoms with Gasteiger partial charge in [0.05, 0.1) is 26.4 Å². The van der Waals surface area contributed by atoms with Crippen molar-refractivity contribution in [1.82, 2.24) is 15.1 Å². The molecule has 3 rings (SSSR count). The van der Waals surface area contributed by atoms with E-state index in [0.717, 1.165) is 58.7 Å². The van der Waals surface area contributed by atoms with Crippen LogP contribution in [0.3, 0.4) is 0 Å². The third-order valence-corrected chi connectivity index (χ3v) is 6.42. The molecule has 1 saturated heterocycles. The van der Waals surface area contributed by atoms with Crippen LogP contribution in [0.15, 0.2) is 30.3 Å². The van der Waals surface area contributed by atoms with Crippen molar-refractivity contribution in [3.05, 3.63) is 35.9 Å². The Balaban J connectivity index is 1.51. The van der Waals surface area contributed by atoms with E-state index in [4.69, 9.17) is 4.74 Å². The van der Waals surface area contributed by atoms with E-state index in [-0.39, 0.29) is 18.1 Å². The summed E-state index contributed by atoms with van der Waals surface area (Å²) in [5.74, 6) is 0.0599. The van der Waals surface area contributed by atoms with Gasteiger partial charge in [-0.25, -0.2) is 0 Å². The summed E-state index contributed by atoms with van der Waals surface area (Å²) in [6.45, 7) is 5.93. The molecule has 2 fully saturated rings. The minimum atomic E-state index is 0.0599. The number of aliphatic hydroxyl groups is 1. The summed E-state index contributed by atoms with van der Waals surface area (Å²) < 4.78 is 5.54. The van der Waals surface area contributed by atoms with Gasteiger partial charge < -0.3 is 15.2 Å². The Morgan fingerprint density at radius 1 is 1.10 bits per heavy atom. The molecule has 0 spiro atoms. The number of amides is 1. The predicted octanol–water partition coefficient (Wildman–Crippen LogP) is 1.67. The van der Waals surface area contributed by atoms with Crippen molar-refractivity contribution >= 4 is 5.91 Å². The Kier molecular flexibility index (Phi) is 8.92.